The van der Waals surface area contributed by atoms with Crippen molar-refractivity contribution in [3.63, 3.8) is 0 Å². The van der Waals surface area contributed by atoms with Crippen molar-refractivity contribution in [2.24, 2.45) is 7.05 Å². The van der Waals surface area contributed by atoms with Crippen LogP contribution in [0.25, 0.3) is 22.2 Å². The van der Waals surface area contributed by atoms with Crippen molar-refractivity contribution in [3.05, 3.63) is 64.5 Å². The minimum Gasteiger partial charge on any atom is -0.496 e. The third-order valence-electron chi connectivity index (χ3n) is 5.10. The van der Waals surface area contributed by atoms with Crippen LogP contribution < -0.4 is 4.74 Å². The topological polar surface area (TPSA) is 55.7 Å². The molecule has 1 atom stereocenters. The average Bonchev–Trinajstić information content (AvgIpc) is 3.25. The number of fused-ring (bicyclic) bond motifs is 1. The lowest BCUT2D eigenvalue weighted by molar-refractivity contribution is 0.407. The first-order valence-corrected chi connectivity index (χ1v) is 9.28. The number of rotatable bonds is 4. The summed E-state index contributed by atoms with van der Waals surface area (Å²) in [5.41, 5.74) is 5.29. The van der Waals surface area contributed by atoms with E-state index in [9.17, 15) is 4.39 Å². The lowest BCUT2D eigenvalue weighted by Crippen LogP contribution is -2.02. The van der Waals surface area contributed by atoms with Crippen LogP contribution in [0.2, 0.25) is 5.02 Å². The molecule has 0 aliphatic heterocycles. The summed E-state index contributed by atoms with van der Waals surface area (Å²) in [5, 5.41) is 5.44. The number of aromatic amines is 1. The molecule has 0 radical (unpaired) electrons. The van der Waals surface area contributed by atoms with Crippen LogP contribution in [-0.2, 0) is 7.05 Å². The van der Waals surface area contributed by atoms with E-state index in [4.69, 9.17) is 16.3 Å². The van der Waals surface area contributed by atoms with Gasteiger partial charge < -0.3 is 9.72 Å². The van der Waals surface area contributed by atoms with Gasteiger partial charge in [-0.3, -0.25) is 4.68 Å². The first-order chi connectivity index (χ1) is 13.4. The molecule has 0 saturated heterocycles. The molecule has 7 heteroatoms. The zero-order valence-corrected chi connectivity index (χ0v) is 16.8. The summed E-state index contributed by atoms with van der Waals surface area (Å²) in [5.74, 6) is -0.103. The van der Waals surface area contributed by atoms with Crippen LogP contribution in [0.4, 0.5) is 4.39 Å². The summed E-state index contributed by atoms with van der Waals surface area (Å²) < 4.78 is 21.3. The number of benzene rings is 1. The Bertz CT molecular complexity index is 1180. The number of aryl methyl sites for hydroxylation is 2. The third-order valence-corrected chi connectivity index (χ3v) is 5.48. The first kappa shape index (κ1) is 18.5. The molecule has 0 saturated carbocycles. The van der Waals surface area contributed by atoms with E-state index >= 15 is 0 Å². The Labute approximate surface area is 167 Å². The minimum absolute atomic E-state index is 0.0772. The molecule has 4 aromatic rings. The highest BCUT2D eigenvalue weighted by Crippen LogP contribution is 2.40. The van der Waals surface area contributed by atoms with Gasteiger partial charge in [0, 0.05) is 53.6 Å². The highest BCUT2D eigenvalue weighted by atomic mass is 35.5. The molecule has 0 amide bonds. The van der Waals surface area contributed by atoms with E-state index in [2.05, 4.69) is 21.1 Å². The number of halogens is 2. The molecule has 3 heterocycles. The molecular formula is C21H20ClFN4O. The number of pyridine rings is 1. The molecule has 0 fully saturated rings. The van der Waals surface area contributed by atoms with E-state index in [1.54, 1.807) is 17.9 Å². The van der Waals surface area contributed by atoms with Gasteiger partial charge in [-0.1, -0.05) is 18.5 Å². The van der Waals surface area contributed by atoms with Gasteiger partial charge in [0.25, 0.3) is 0 Å². The third kappa shape index (κ3) is 2.94. The van der Waals surface area contributed by atoms with Gasteiger partial charge in [-0.25, -0.2) is 9.37 Å². The molecule has 0 spiro atoms. The normalized spacial score (nSPS) is 12.5. The monoisotopic (exact) mass is 398 g/mol. The van der Waals surface area contributed by atoms with Crippen LogP contribution in [-0.4, -0.2) is 26.9 Å². The summed E-state index contributed by atoms with van der Waals surface area (Å²) >= 11 is 6.30. The lowest BCUT2D eigenvalue weighted by Gasteiger charge is -2.17. The smallest absolute Gasteiger partial charge is 0.142 e. The Morgan fingerprint density at radius 3 is 2.79 bits per heavy atom. The minimum atomic E-state index is -0.464. The van der Waals surface area contributed by atoms with Crippen LogP contribution in [0.5, 0.6) is 5.75 Å². The Hall–Kier alpha value is -2.86. The van der Waals surface area contributed by atoms with Crippen LogP contribution in [0.15, 0.2) is 36.8 Å². The molecule has 144 valence electrons. The fourth-order valence-corrected chi connectivity index (χ4v) is 4.02. The molecule has 0 bridgehead atoms. The molecule has 0 unspecified atom stereocenters. The maximum atomic E-state index is 14.1. The number of aromatic nitrogens is 4. The predicted molar refractivity (Wildman–Crippen MR) is 109 cm³/mol. The van der Waals surface area contributed by atoms with Crippen molar-refractivity contribution in [1.29, 1.82) is 0 Å². The van der Waals surface area contributed by atoms with E-state index in [1.165, 1.54) is 6.07 Å². The van der Waals surface area contributed by atoms with Gasteiger partial charge in [-0.15, -0.1) is 0 Å². The molecule has 1 aromatic carbocycles. The van der Waals surface area contributed by atoms with Crippen molar-refractivity contribution >= 4 is 22.6 Å². The van der Waals surface area contributed by atoms with Gasteiger partial charge in [0.2, 0.25) is 0 Å². The summed E-state index contributed by atoms with van der Waals surface area (Å²) in [7, 11) is 3.45. The van der Waals surface area contributed by atoms with Gasteiger partial charge >= 0.3 is 0 Å². The first-order valence-electron chi connectivity index (χ1n) is 8.90. The largest absolute Gasteiger partial charge is 0.496 e. The van der Waals surface area contributed by atoms with Crippen LogP contribution in [0.3, 0.4) is 0 Å². The van der Waals surface area contributed by atoms with Crippen molar-refractivity contribution in [2.45, 2.75) is 19.8 Å². The molecule has 0 aliphatic rings. The van der Waals surface area contributed by atoms with E-state index in [1.807, 2.05) is 39.5 Å². The predicted octanol–water partition coefficient (Wildman–Crippen LogP) is 5.22. The number of H-pyrrole nitrogens is 1. The molecular weight excluding hydrogens is 379 g/mol. The maximum Gasteiger partial charge on any atom is 0.142 e. The van der Waals surface area contributed by atoms with E-state index in [0.29, 0.717) is 11.3 Å². The SMILES string of the molecule is COc1ccc(F)c(Cl)c1[C@@H](C)c1c[nH]c2ncc(-c3cn(C)nc3C)cc12. The number of nitrogens with one attached hydrogen (secondary N) is 1. The number of hydrogen-bond donors (Lipinski definition) is 1. The van der Waals surface area contributed by atoms with Crippen molar-refractivity contribution < 1.29 is 9.13 Å². The second-order valence-electron chi connectivity index (χ2n) is 6.87. The number of ether oxygens (including phenoxy) is 1. The van der Waals surface area contributed by atoms with Gasteiger partial charge in [-0.05, 0) is 30.7 Å². The Morgan fingerprint density at radius 2 is 2.11 bits per heavy atom. The van der Waals surface area contributed by atoms with Crippen molar-refractivity contribution in [1.82, 2.24) is 19.7 Å². The van der Waals surface area contributed by atoms with E-state index < -0.39 is 5.82 Å². The molecule has 4 rings (SSSR count). The van der Waals surface area contributed by atoms with Gasteiger partial charge in [0.1, 0.15) is 17.2 Å². The van der Waals surface area contributed by atoms with Crippen LogP contribution in [0.1, 0.15) is 29.7 Å². The molecule has 0 aliphatic carbocycles. The number of nitrogens with zero attached hydrogens (tertiary/aromatic N) is 3. The second kappa shape index (κ2) is 6.95. The maximum absolute atomic E-state index is 14.1. The van der Waals surface area contributed by atoms with Gasteiger partial charge in [0.15, 0.2) is 0 Å². The highest BCUT2D eigenvalue weighted by Gasteiger charge is 2.23. The van der Waals surface area contributed by atoms with Crippen molar-refractivity contribution in [2.75, 3.05) is 7.11 Å². The second-order valence-corrected chi connectivity index (χ2v) is 7.24. The zero-order chi connectivity index (χ0) is 20.0. The molecule has 1 N–H and O–H groups in total. The Morgan fingerprint density at radius 1 is 1.32 bits per heavy atom. The Kier molecular flexibility index (Phi) is 4.59. The molecule has 5 nitrogen and oxygen atoms in total. The van der Waals surface area contributed by atoms with E-state index in [-0.39, 0.29) is 10.9 Å². The van der Waals surface area contributed by atoms with Crippen LogP contribution >= 0.6 is 11.6 Å². The number of methoxy groups -OCH3 is 1. The quantitative estimate of drug-likeness (QED) is 0.512. The lowest BCUT2D eigenvalue weighted by atomic mass is 9.91. The van der Waals surface area contributed by atoms with Gasteiger partial charge in [-0.2, -0.15) is 5.10 Å². The van der Waals surface area contributed by atoms with Gasteiger partial charge in [0.05, 0.1) is 17.8 Å². The van der Waals surface area contributed by atoms with E-state index in [0.717, 1.165) is 33.4 Å². The standard InChI is InChI=1S/C21H20ClFN4O/c1-11(19-18(28-4)6-5-17(23)20(19)22)15-9-25-21-14(15)7-13(8-24-21)16-10-27(3)26-12(16)2/h5-11H,1-4H3,(H,24,25)/t11-/m0/s1. The fourth-order valence-electron chi connectivity index (χ4n) is 3.70. The molecule has 28 heavy (non-hydrogen) atoms. The summed E-state index contributed by atoms with van der Waals surface area (Å²) in [6.07, 6.45) is 5.69. The number of hydrogen-bond acceptors (Lipinski definition) is 3. The fraction of sp³-hybridized carbons (Fsp3) is 0.238. The molecule has 3 aromatic heterocycles. The van der Waals surface area contributed by atoms with Crippen molar-refractivity contribution in [3.8, 4) is 16.9 Å². The zero-order valence-electron chi connectivity index (χ0n) is 16.0. The summed E-state index contributed by atoms with van der Waals surface area (Å²) in [6.45, 7) is 3.95. The highest BCUT2D eigenvalue weighted by molar-refractivity contribution is 6.31. The summed E-state index contributed by atoms with van der Waals surface area (Å²) in [4.78, 5) is 7.76. The summed E-state index contributed by atoms with van der Waals surface area (Å²) in [6, 6.07) is 5.00. The van der Waals surface area contributed by atoms with Crippen LogP contribution in [0, 0.1) is 12.7 Å². The average molecular weight is 399 g/mol. The Balaban J connectivity index is 1.87.